The first-order valence-corrected chi connectivity index (χ1v) is 11.0. The molecule has 0 atom stereocenters. The van der Waals surface area contributed by atoms with Gasteiger partial charge in [0, 0.05) is 17.0 Å². The molecule has 10 nitrogen and oxygen atoms in total. The Kier molecular flexibility index (Phi) is 6.46. The SMILES string of the molecule is CCOC(=O)c1sc(-c2ccccc2)cc1NC(=O)Cn1cnc2cc([N+](=O)[O-])ccc2c1=O. The Morgan fingerprint density at radius 3 is 2.65 bits per heavy atom. The lowest BCUT2D eigenvalue weighted by molar-refractivity contribution is -0.384. The first kappa shape index (κ1) is 22.8. The number of rotatable bonds is 7. The Labute approximate surface area is 196 Å². The quantitative estimate of drug-likeness (QED) is 0.242. The monoisotopic (exact) mass is 478 g/mol. The van der Waals surface area contributed by atoms with E-state index in [1.807, 2.05) is 30.3 Å². The molecule has 0 radical (unpaired) electrons. The molecule has 2 aromatic heterocycles. The fraction of sp³-hybridized carbons (Fsp3) is 0.130. The second-order valence-electron chi connectivity index (χ2n) is 7.12. The molecule has 172 valence electrons. The highest BCUT2D eigenvalue weighted by atomic mass is 32.1. The van der Waals surface area contributed by atoms with Crippen molar-refractivity contribution >= 4 is 45.5 Å². The van der Waals surface area contributed by atoms with E-state index >= 15 is 0 Å². The first-order valence-electron chi connectivity index (χ1n) is 10.2. The molecule has 1 amide bonds. The van der Waals surface area contributed by atoms with E-state index in [1.165, 1.54) is 29.5 Å². The number of esters is 1. The van der Waals surface area contributed by atoms with Gasteiger partial charge in [-0.05, 0) is 24.6 Å². The summed E-state index contributed by atoms with van der Waals surface area (Å²) < 4.78 is 6.21. The lowest BCUT2D eigenvalue weighted by Gasteiger charge is -2.08. The number of thiophene rings is 1. The van der Waals surface area contributed by atoms with Crippen molar-refractivity contribution in [1.29, 1.82) is 0 Å². The number of hydrogen-bond donors (Lipinski definition) is 1. The molecule has 0 saturated carbocycles. The number of ether oxygens (including phenoxy) is 1. The largest absolute Gasteiger partial charge is 0.462 e. The summed E-state index contributed by atoms with van der Waals surface area (Å²) in [6, 6.07) is 14.8. The van der Waals surface area contributed by atoms with Gasteiger partial charge in [-0.2, -0.15) is 0 Å². The van der Waals surface area contributed by atoms with Crippen molar-refractivity contribution in [1.82, 2.24) is 9.55 Å². The highest BCUT2D eigenvalue weighted by Gasteiger charge is 2.20. The van der Waals surface area contributed by atoms with Gasteiger partial charge in [-0.25, -0.2) is 9.78 Å². The summed E-state index contributed by atoms with van der Waals surface area (Å²) in [5.74, 6) is -1.11. The smallest absolute Gasteiger partial charge is 0.350 e. The Balaban J connectivity index is 1.60. The van der Waals surface area contributed by atoms with Crippen LogP contribution in [0.15, 0.2) is 65.7 Å². The highest BCUT2D eigenvalue weighted by molar-refractivity contribution is 7.18. The van der Waals surface area contributed by atoms with Gasteiger partial charge in [-0.1, -0.05) is 30.3 Å². The number of amides is 1. The van der Waals surface area contributed by atoms with Crippen molar-refractivity contribution in [2.24, 2.45) is 0 Å². The van der Waals surface area contributed by atoms with Crippen LogP contribution in [0, 0.1) is 10.1 Å². The topological polar surface area (TPSA) is 133 Å². The van der Waals surface area contributed by atoms with Gasteiger partial charge in [0.2, 0.25) is 5.91 Å². The van der Waals surface area contributed by atoms with Crippen LogP contribution < -0.4 is 10.9 Å². The molecule has 34 heavy (non-hydrogen) atoms. The summed E-state index contributed by atoms with van der Waals surface area (Å²) in [6.45, 7) is 1.51. The number of anilines is 1. The number of nitrogens with one attached hydrogen (secondary N) is 1. The number of hydrogen-bond acceptors (Lipinski definition) is 8. The summed E-state index contributed by atoms with van der Waals surface area (Å²) in [6.07, 6.45) is 1.16. The molecule has 4 aromatic rings. The van der Waals surface area contributed by atoms with Crippen LogP contribution in [-0.4, -0.2) is 33.0 Å². The molecule has 0 saturated heterocycles. The number of nitro benzene ring substituents is 1. The van der Waals surface area contributed by atoms with Crippen molar-refractivity contribution in [3.8, 4) is 10.4 Å². The Bertz CT molecular complexity index is 1460. The van der Waals surface area contributed by atoms with E-state index in [-0.39, 0.29) is 40.3 Å². The molecule has 0 aliphatic rings. The minimum absolute atomic E-state index is 0.148. The first-order chi connectivity index (χ1) is 16.4. The number of nitro groups is 1. The van der Waals surface area contributed by atoms with E-state index < -0.39 is 22.4 Å². The lowest BCUT2D eigenvalue weighted by Crippen LogP contribution is -2.28. The molecule has 0 fully saturated rings. The maximum atomic E-state index is 12.8. The third-order valence-corrected chi connectivity index (χ3v) is 6.02. The predicted octanol–water partition coefficient (Wildman–Crippen LogP) is 3.85. The van der Waals surface area contributed by atoms with Gasteiger partial charge in [0.15, 0.2) is 0 Å². The van der Waals surface area contributed by atoms with Gasteiger partial charge in [0.25, 0.3) is 11.2 Å². The third-order valence-electron chi connectivity index (χ3n) is 4.86. The van der Waals surface area contributed by atoms with Crippen LogP contribution in [0.5, 0.6) is 0 Å². The Morgan fingerprint density at radius 1 is 1.18 bits per heavy atom. The summed E-state index contributed by atoms with van der Waals surface area (Å²) in [7, 11) is 0. The van der Waals surface area contributed by atoms with Crippen LogP contribution >= 0.6 is 11.3 Å². The molecule has 2 aromatic carbocycles. The second-order valence-corrected chi connectivity index (χ2v) is 8.18. The highest BCUT2D eigenvalue weighted by Crippen LogP contribution is 2.35. The number of fused-ring (bicyclic) bond motifs is 1. The van der Waals surface area contributed by atoms with Crippen LogP contribution in [0.25, 0.3) is 21.3 Å². The van der Waals surface area contributed by atoms with Crippen molar-refractivity contribution in [3.63, 3.8) is 0 Å². The van der Waals surface area contributed by atoms with Crippen LogP contribution in [0.1, 0.15) is 16.6 Å². The molecule has 4 rings (SSSR count). The van der Waals surface area contributed by atoms with Gasteiger partial charge in [0.05, 0.1) is 34.4 Å². The van der Waals surface area contributed by atoms with Crippen molar-refractivity contribution in [2.75, 3.05) is 11.9 Å². The standard InChI is InChI=1S/C23H18N4O6S/c1-2-33-23(30)21-18(11-19(34-21)14-6-4-3-5-7-14)25-20(28)12-26-13-24-17-10-15(27(31)32)8-9-16(17)22(26)29/h3-11,13H,2,12H2,1H3,(H,25,28). The molecule has 0 aliphatic heterocycles. The maximum Gasteiger partial charge on any atom is 0.350 e. The zero-order valence-electron chi connectivity index (χ0n) is 17.9. The van der Waals surface area contributed by atoms with Crippen molar-refractivity contribution in [2.45, 2.75) is 13.5 Å². The van der Waals surface area contributed by atoms with Gasteiger partial charge < -0.3 is 10.1 Å². The third kappa shape index (κ3) is 4.69. The molecule has 2 heterocycles. The van der Waals surface area contributed by atoms with Crippen LogP contribution in [0.4, 0.5) is 11.4 Å². The fourth-order valence-electron chi connectivity index (χ4n) is 3.29. The van der Waals surface area contributed by atoms with E-state index in [4.69, 9.17) is 4.74 Å². The minimum atomic E-state index is -0.578. The average Bonchev–Trinajstić information content (AvgIpc) is 3.25. The molecule has 1 N–H and O–H groups in total. The number of nitrogens with zero attached hydrogens (tertiary/aromatic N) is 3. The molecule has 0 aliphatic carbocycles. The van der Waals surface area contributed by atoms with E-state index in [0.29, 0.717) is 0 Å². The molecule has 0 spiro atoms. The number of benzene rings is 2. The van der Waals surface area contributed by atoms with Gasteiger partial charge >= 0.3 is 5.97 Å². The molecular weight excluding hydrogens is 460 g/mol. The van der Waals surface area contributed by atoms with Gasteiger partial charge in [-0.15, -0.1) is 11.3 Å². The molecule has 0 bridgehead atoms. The Hall–Kier alpha value is -4.38. The number of carbonyl (C=O) groups excluding carboxylic acids is 2. The van der Waals surface area contributed by atoms with Crippen molar-refractivity contribution < 1.29 is 19.2 Å². The summed E-state index contributed by atoms with van der Waals surface area (Å²) >= 11 is 1.19. The van der Waals surface area contributed by atoms with Gasteiger partial charge in [0.1, 0.15) is 11.4 Å². The normalized spacial score (nSPS) is 10.7. The predicted molar refractivity (Wildman–Crippen MR) is 127 cm³/mol. The number of aromatic nitrogens is 2. The van der Waals surface area contributed by atoms with E-state index in [1.54, 1.807) is 13.0 Å². The second kappa shape index (κ2) is 9.63. The molecular formula is C23H18N4O6S. The summed E-state index contributed by atoms with van der Waals surface area (Å²) in [5.41, 5.74) is 0.613. The minimum Gasteiger partial charge on any atom is -0.462 e. The summed E-state index contributed by atoms with van der Waals surface area (Å²) in [5, 5.41) is 13.8. The Morgan fingerprint density at radius 2 is 1.94 bits per heavy atom. The van der Waals surface area contributed by atoms with Crippen molar-refractivity contribution in [3.05, 3.63) is 86.3 Å². The molecule has 11 heteroatoms. The number of carbonyl (C=O) groups is 2. The average molecular weight is 478 g/mol. The summed E-state index contributed by atoms with van der Waals surface area (Å²) in [4.78, 5) is 53.4. The van der Waals surface area contributed by atoms with Crippen LogP contribution in [0.3, 0.4) is 0 Å². The fourth-order valence-corrected chi connectivity index (χ4v) is 4.31. The lowest BCUT2D eigenvalue weighted by atomic mass is 10.2. The van der Waals surface area contributed by atoms with Crippen LogP contribution in [-0.2, 0) is 16.1 Å². The van der Waals surface area contributed by atoms with Crippen LogP contribution in [0.2, 0.25) is 0 Å². The zero-order chi connectivity index (χ0) is 24.2. The van der Waals surface area contributed by atoms with Gasteiger partial charge in [-0.3, -0.25) is 24.3 Å². The zero-order valence-corrected chi connectivity index (χ0v) is 18.7. The van der Waals surface area contributed by atoms with E-state index in [0.717, 1.165) is 21.3 Å². The van der Waals surface area contributed by atoms with E-state index in [9.17, 15) is 24.5 Å². The molecule has 0 unspecified atom stereocenters. The maximum absolute atomic E-state index is 12.8. The van der Waals surface area contributed by atoms with E-state index in [2.05, 4.69) is 10.3 Å². The number of non-ortho nitro benzene ring substituents is 1.